The van der Waals surface area contributed by atoms with Gasteiger partial charge < -0.3 is 62.1 Å². The van der Waals surface area contributed by atoms with Crippen molar-refractivity contribution in [3.05, 3.63) is 28.5 Å². The van der Waals surface area contributed by atoms with Crippen molar-refractivity contribution in [1.82, 2.24) is 46.3 Å². The third-order valence-corrected chi connectivity index (χ3v) is 9.37. The Balaban J connectivity index is 2.58. The number of amides is 4. The third-order valence-electron chi connectivity index (χ3n) is 8.90. The summed E-state index contributed by atoms with van der Waals surface area (Å²) in [5.74, 6) is -7.85. The Morgan fingerprint density at radius 3 is 1.71 bits per heavy atom. The summed E-state index contributed by atoms with van der Waals surface area (Å²) in [6.45, 7) is 1.13. The molecule has 0 saturated carbocycles. The van der Waals surface area contributed by atoms with Crippen LogP contribution in [0.2, 0.25) is 0 Å². The average molecular weight is 949 g/mol. The van der Waals surface area contributed by atoms with Crippen molar-refractivity contribution in [2.24, 2.45) is 0 Å². The topological polar surface area (TPSA) is 358 Å². The average Bonchev–Trinajstić information content (AvgIpc) is 3.18. The van der Waals surface area contributed by atoms with Gasteiger partial charge >= 0.3 is 41.8 Å². The molecule has 0 aliphatic carbocycles. The maximum absolute atomic E-state index is 13.3. The van der Waals surface area contributed by atoms with Gasteiger partial charge in [-0.3, -0.25) is 38.6 Å². The first-order valence-electron chi connectivity index (χ1n) is 19.8. The van der Waals surface area contributed by atoms with Crippen molar-refractivity contribution in [3.63, 3.8) is 0 Å². The predicted octanol–water partition coefficient (Wildman–Crippen LogP) is -1.26. The van der Waals surface area contributed by atoms with Crippen molar-refractivity contribution in [2.75, 3.05) is 78.5 Å². The van der Waals surface area contributed by atoms with Crippen LogP contribution in [0.5, 0.6) is 0 Å². The lowest BCUT2D eigenvalue weighted by molar-refractivity contribution is -0.141. The van der Waals surface area contributed by atoms with Crippen molar-refractivity contribution >= 4 is 69.6 Å². The van der Waals surface area contributed by atoms with Gasteiger partial charge in [-0.05, 0) is 66.1 Å². The number of nitrogens with zero attached hydrogens (tertiary/aromatic N) is 4. The Kier molecular flexibility index (Phi) is 27.6. The number of urea groups is 1. The number of unbranched alkanes of at least 4 members (excludes halogenated alkanes) is 2. The standard InChI is InChI=1S/C37H58BrN9O15/c38-28-9-7-25(19-42-28)22-47(14-4-2-5-26(35(58)59)43-37(62)44-27(36(60)61)8-10-31(50)51)30(49)6-1-3-11-41-29(48)20-39-12-15-45(23-33(54)55)17-18-46(24-34(56)57)16-13-40-21-32(52)53/h7,9,19,26-27,39-40H,1-6,8,10-18,20-24H2,(H,41,48)(H,50,51)(H,52,53)(H,54,55)(H,56,57)(H,58,59)(H,60,61)(H2,43,44,62)/t26-,27?/m0/s1. The quantitative estimate of drug-likeness (QED) is 0.0276. The fourth-order valence-corrected chi connectivity index (χ4v) is 5.97. The van der Waals surface area contributed by atoms with Crippen LogP contribution in [0.4, 0.5) is 4.79 Å². The first kappa shape index (κ1) is 54.5. The van der Waals surface area contributed by atoms with E-state index in [1.165, 1.54) is 0 Å². The predicted molar refractivity (Wildman–Crippen MR) is 221 cm³/mol. The summed E-state index contributed by atoms with van der Waals surface area (Å²) in [5.41, 5.74) is 0.743. The van der Waals surface area contributed by atoms with Gasteiger partial charge in [-0.15, -0.1) is 0 Å². The molecule has 25 heteroatoms. The second-order valence-electron chi connectivity index (χ2n) is 14.0. The Morgan fingerprint density at radius 1 is 0.613 bits per heavy atom. The SMILES string of the molecule is O=C(O)CCC(NC(=O)N[C@@H](CCCCN(Cc1ccc(Br)nc1)C(=O)CCCCNC(=O)CNCCN(CCN(CCNCC(=O)O)CC(=O)O)CC(=O)O)C(=O)O)C(=O)O. The number of halogens is 1. The Hall–Kier alpha value is -5.50. The summed E-state index contributed by atoms with van der Waals surface area (Å²) < 4.78 is 0.600. The molecular weight excluding hydrogens is 890 g/mol. The molecule has 0 saturated heterocycles. The van der Waals surface area contributed by atoms with Crippen LogP contribution in [-0.2, 0) is 44.9 Å². The van der Waals surface area contributed by atoms with Gasteiger partial charge in [0.25, 0.3) is 0 Å². The van der Waals surface area contributed by atoms with Crippen LogP contribution in [0.15, 0.2) is 22.9 Å². The molecule has 0 fully saturated rings. The second-order valence-corrected chi connectivity index (χ2v) is 14.8. The lowest BCUT2D eigenvalue weighted by Gasteiger charge is -2.26. The van der Waals surface area contributed by atoms with E-state index in [1.54, 1.807) is 33.0 Å². The highest BCUT2D eigenvalue weighted by Crippen LogP contribution is 2.13. The van der Waals surface area contributed by atoms with Crippen molar-refractivity contribution in [1.29, 1.82) is 0 Å². The molecule has 24 nitrogen and oxygen atoms in total. The summed E-state index contributed by atoms with van der Waals surface area (Å²) in [7, 11) is 0. The second kappa shape index (κ2) is 31.4. The Labute approximate surface area is 365 Å². The molecule has 0 spiro atoms. The molecule has 1 rings (SSSR count). The van der Waals surface area contributed by atoms with Crippen LogP contribution < -0.4 is 26.6 Å². The number of rotatable bonds is 36. The van der Waals surface area contributed by atoms with Crippen LogP contribution in [0.3, 0.4) is 0 Å². The number of hydrogen-bond donors (Lipinski definition) is 11. The molecule has 4 amide bonds. The zero-order valence-electron chi connectivity index (χ0n) is 34.3. The van der Waals surface area contributed by atoms with Gasteiger partial charge in [-0.2, -0.15) is 0 Å². The van der Waals surface area contributed by atoms with Gasteiger partial charge in [0.2, 0.25) is 11.8 Å². The highest BCUT2D eigenvalue weighted by molar-refractivity contribution is 9.10. The zero-order chi connectivity index (χ0) is 46.5. The van der Waals surface area contributed by atoms with Crippen molar-refractivity contribution < 1.29 is 73.8 Å². The molecule has 11 N–H and O–H groups in total. The largest absolute Gasteiger partial charge is 0.481 e. The molecule has 348 valence electrons. The number of aromatic nitrogens is 1. The zero-order valence-corrected chi connectivity index (χ0v) is 35.8. The van der Waals surface area contributed by atoms with E-state index in [2.05, 4.69) is 47.5 Å². The number of nitrogens with one attached hydrogen (secondary N) is 5. The van der Waals surface area contributed by atoms with E-state index in [0.717, 1.165) is 5.56 Å². The number of carboxylic acid groups (broad SMARTS) is 6. The third kappa shape index (κ3) is 27.4. The van der Waals surface area contributed by atoms with Crippen LogP contribution in [0.1, 0.15) is 56.9 Å². The lowest BCUT2D eigenvalue weighted by Crippen LogP contribution is -2.51. The highest BCUT2D eigenvalue weighted by Gasteiger charge is 2.25. The maximum Gasteiger partial charge on any atom is 0.326 e. The molecule has 1 unspecified atom stereocenters. The lowest BCUT2D eigenvalue weighted by atomic mass is 10.1. The van der Waals surface area contributed by atoms with E-state index in [0.29, 0.717) is 23.9 Å². The molecule has 1 aromatic heterocycles. The summed E-state index contributed by atoms with van der Waals surface area (Å²) in [6.07, 6.45) is 2.31. The number of pyridine rings is 1. The maximum atomic E-state index is 13.3. The van der Waals surface area contributed by atoms with Gasteiger partial charge in [-0.25, -0.2) is 19.4 Å². The van der Waals surface area contributed by atoms with Gasteiger partial charge in [0.05, 0.1) is 26.2 Å². The van der Waals surface area contributed by atoms with Crippen LogP contribution in [0.25, 0.3) is 0 Å². The minimum Gasteiger partial charge on any atom is -0.481 e. The summed E-state index contributed by atoms with van der Waals surface area (Å²) in [5, 5.41) is 67.6. The smallest absolute Gasteiger partial charge is 0.326 e. The van der Waals surface area contributed by atoms with Crippen LogP contribution >= 0.6 is 15.9 Å². The van der Waals surface area contributed by atoms with E-state index in [1.807, 2.05) is 0 Å². The van der Waals surface area contributed by atoms with E-state index in [9.17, 15) is 63.6 Å². The van der Waals surface area contributed by atoms with Gasteiger partial charge in [-0.1, -0.05) is 6.07 Å². The molecule has 0 aliphatic rings. The van der Waals surface area contributed by atoms with Gasteiger partial charge in [0.15, 0.2) is 0 Å². The van der Waals surface area contributed by atoms with E-state index >= 15 is 0 Å². The first-order chi connectivity index (χ1) is 29.4. The van der Waals surface area contributed by atoms with E-state index in [-0.39, 0.29) is 116 Å². The normalized spacial score (nSPS) is 12.0. The number of carboxylic acids is 6. The van der Waals surface area contributed by atoms with E-state index in [4.69, 9.17) is 10.2 Å². The number of aliphatic carboxylic acids is 6. The molecule has 0 aliphatic heterocycles. The molecule has 1 heterocycles. The summed E-state index contributed by atoms with van der Waals surface area (Å²) in [6, 6.07) is -0.497. The Bertz CT molecular complexity index is 1620. The highest BCUT2D eigenvalue weighted by atomic mass is 79.9. The van der Waals surface area contributed by atoms with Crippen LogP contribution in [0, 0.1) is 0 Å². The van der Waals surface area contributed by atoms with Crippen molar-refractivity contribution in [3.8, 4) is 0 Å². The minimum absolute atomic E-state index is 0.0448. The van der Waals surface area contributed by atoms with Gasteiger partial charge in [0.1, 0.15) is 16.7 Å². The molecule has 1 aromatic rings. The molecule has 0 bridgehead atoms. The van der Waals surface area contributed by atoms with Gasteiger partial charge in [0, 0.05) is 77.9 Å². The number of carbonyl (C=O) groups excluding carboxylic acids is 3. The minimum atomic E-state index is -1.54. The molecular formula is C37H58BrN9O15. The van der Waals surface area contributed by atoms with Crippen molar-refractivity contribution in [2.45, 2.75) is 70.0 Å². The Morgan fingerprint density at radius 2 is 1.19 bits per heavy atom. The monoisotopic (exact) mass is 947 g/mol. The fraction of sp³-hybridized carbons (Fsp3) is 0.622. The summed E-state index contributed by atoms with van der Waals surface area (Å²) in [4.78, 5) is 114. The molecule has 0 radical (unpaired) electrons. The fourth-order valence-electron chi connectivity index (χ4n) is 5.73. The first-order valence-corrected chi connectivity index (χ1v) is 20.6. The molecule has 0 aromatic carbocycles. The van der Waals surface area contributed by atoms with Crippen LogP contribution in [-0.4, -0.2) is 195 Å². The number of hydrogen-bond acceptors (Lipinski definition) is 14. The van der Waals surface area contributed by atoms with E-state index < -0.39 is 66.8 Å². The summed E-state index contributed by atoms with van der Waals surface area (Å²) >= 11 is 3.27. The molecule has 62 heavy (non-hydrogen) atoms. The molecule has 2 atom stereocenters. The number of carbonyl (C=O) groups is 9.